The van der Waals surface area contributed by atoms with Crippen LogP contribution in [-0.4, -0.2) is 29.4 Å². The molecule has 0 amide bonds. The number of nitrogens with zero attached hydrogens (tertiary/aromatic N) is 1. The number of thiazole rings is 1. The summed E-state index contributed by atoms with van der Waals surface area (Å²) in [5, 5.41) is 12.0. The van der Waals surface area contributed by atoms with Gasteiger partial charge in [0.2, 0.25) is 0 Å². The van der Waals surface area contributed by atoms with Crippen molar-refractivity contribution in [3.63, 3.8) is 0 Å². The zero-order valence-electron chi connectivity index (χ0n) is 9.73. The summed E-state index contributed by atoms with van der Waals surface area (Å²) >= 11 is 4.89. The first kappa shape index (κ1) is 13.4. The van der Waals surface area contributed by atoms with Crippen molar-refractivity contribution >= 4 is 27.3 Å². The van der Waals surface area contributed by atoms with Crippen LogP contribution in [0, 0.1) is 5.92 Å². The van der Waals surface area contributed by atoms with Crippen LogP contribution in [0.5, 0.6) is 0 Å². The lowest BCUT2D eigenvalue weighted by molar-refractivity contribution is -0.0588. The molecule has 1 aromatic rings. The van der Waals surface area contributed by atoms with Crippen molar-refractivity contribution in [2.45, 2.75) is 31.4 Å². The molecule has 0 radical (unpaired) electrons. The fourth-order valence-corrected chi connectivity index (χ4v) is 3.75. The van der Waals surface area contributed by atoms with Crippen LogP contribution >= 0.6 is 27.3 Å². The van der Waals surface area contributed by atoms with E-state index in [4.69, 9.17) is 15.6 Å². The highest BCUT2D eigenvalue weighted by atomic mass is 79.9. The molecule has 1 fully saturated rings. The summed E-state index contributed by atoms with van der Waals surface area (Å²) in [6.45, 7) is 2.67. The smallest absolute Gasteiger partial charge is 0.117 e. The van der Waals surface area contributed by atoms with Crippen molar-refractivity contribution in [3.05, 3.63) is 15.0 Å². The van der Waals surface area contributed by atoms with E-state index in [2.05, 4.69) is 20.9 Å². The molecule has 0 bridgehead atoms. The Bertz CT molecular complexity index is 387. The monoisotopic (exact) mass is 320 g/mol. The van der Waals surface area contributed by atoms with Crippen molar-refractivity contribution < 1.29 is 9.84 Å². The number of ether oxygens (including phenoxy) is 1. The molecule has 96 valence electrons. The molecular weight excluding hydrogens is 304 g/mol. The van der Waals surface area contributed by atoms with Gasteiger partial charge in [0, 0.05) is 12.0 Å². The molecule has 3 N–H and O–H groups in total. The molecule has 1 aliphatic rings. The van der Waals surface area contributed by atoms with E-state index < -0.39 is 5.54 Å². The van der Waals surface area contributed by atoms with Crippen molar-refractivity contribution in [1.82, 2.24) is 4.98 Å². The van der Waals surface area contributed by atoms with Crippen molar-refractivity contribution in [1.29, 1.82) is 0 Å². The van der Waals surface area contributed by atoms with Gasteiger partial charge in [-0.05, 0) is 41.6 Å². The molecular formula is C11H17BrN2O2S. The highest BCUT2D eigenvalue weighted by molar-refractivity contribution is 9.10. The maximum Gasteiger partial charge on any atom is 0.117 e. The third kappa shape index (κ3) is 2.71. The van der Waals surface area contributed by atoms with E-state index in [1.807, 2.05) is 12.3 Å². The maximum absolute atomic E-state index is 9.17. The molecule has 17 heavy (non-hydrogen) atoms. The lowest BCUT2D eigenvalue weighted by Crippen LogP contribution is -2.53. The molecule has 4 nitrogen and oxygen atoms in total. The van der Waals surface area contributed by atoms with E-state index >= 15 is 0 Å². The third-order valence-corrected chi connectivity index (χ3v) is 5.05. The summed E-state index contributed by atoms with van der Waals surface area (Å²) < 4.78 is 6.49. The number of hydrogen-bond acceptors (Lipinski definition) is 5. The molecule has 0 unspecified atom stereocenters. The zero-order chi connectivity index (χ0) is 12.5. The first-order chi connectivity index (χ1) is 8.06. The first-order valence-electron chi connectivity index (χ1n) is 5.69. The Morgan fingerprint density at radius 1 is 1.76 bits per heavy atom. The minimum atomic E-state index is -0.564. The van der Waals surface area contributed by atoms with Crippen LogP contribution in [0.2, 0.25) is 0 Å². The van der Waals surface area contributed by atoms with Crippen LogP contribution < -0.4 is 5.73 Å². The predicted octanol–water partition coefficient (Wildman–Crippen LogP) is 1.87. The molecule has 6 heteroatoms. The Kier molecular flexibility index (Phi) is 4.20. The summed E-state index contributed by atoms with van der Waals surface area (Å²) in [5.41, 5.74) is 5.91. The van der Waals surface area contributed by atoms with E-state index in [1.165, 1.54) is 0 Å². The van der Waals surface area contributed by atoms with E-state index in [0.717, 1.165) is 16.0 Å². The maximum atomic E-state index is 9.17. The third-order valence-electron chi connectivity index (χ3n) is 3.30. The molecule has 1 saturated heterocycles. The average Bonchev–Trinajstić information content (AvgIpc) is 2.72. The van der Waals surface area contributed by atoms with Gasteiger partial charge in [0.25, 0.3) is 0 Å². The summed E-state index contributed by atoms with van der Waals surface area (Å²) in [6, 6.07) is 0. The van der Waals surface area contributed by atoms with E-state index in [0.29, 0.717) is 13.0 Å². The van der Waals surface area contributed by atoms with Gasteiger partial charge in [0.1, 0.15) is 9.61 Å². The first-order valence-corrected chi connectivity index (χ1v) is 7.36. The summed E-state index contributed by atoms with van der Waals surface area (Å²) in [6.07, 6.45) is 1.77. The Hall–Kier alpha value is -0.0100. The van der Waals surface area contributed by atoms with E-state index in [-0.39, 0.29) is 18.6 Å². The molecule has 0 aromatic carbocycles. The standard InChI is InChI=1S/C11H17BrN2O2S/c1-7-4-8(2-3-15)11(13,6-16-7)10-14-9(12)5-17-10/h5,7-8,15H,2-4,6,13H2,1H3/t7-,8+,11-/m0/s1. The summed E-state index contributed by atoms with van der Waals surface area (Å²) in [4.78, 5) is 4.41. The second-order valence-corrected chi connectivity index (χ2v) is 6.25. The second kappa shape index (κ2) is 5.32. The van der Waals surface area contributed by atoms with Crippen LogP contribution in [-0.2, 0) is 10.3 Å². The highest BCUT2D eigenvalue weighted by Gasteiger charge is 2.43. The van der Waals surface area contributed by atoms with Crippen LogP contribution in [0.25, 0.3) is 0 Å². The SMILES string of the molecule is C[C@H]1C[C@@H](CCO)[C@](N)(c2nc(Br)cs2)CO1. The van der Waals surface area contributed by atoms with Crippen molar-refractivity contribution in [3.8, 4) is 0 Å². The molecule has 1 aliphatic heterocycles. The lowest BCUT2D eigenvalue weighted by Gasteiger charge is -2.41. The number of aromatic nitrogens is 1. The van der Waals surface area contributed by atoms with Crippen LogP contribution in [0.4, 0.5) is 0 Å². The number of nitrogens with two attached hydrogens (primary N) is 1. The fraction of sp³-hybridized carbons (Fsp3) is 0.727. The van der Waals surface area contributed by atoms with E-state index in [1.54, 1.807) is 11.3 Å². The van der Waals surface area contributed by atoms with Gasteiger partial charge >= 0.3 is 0 Å². The van der Waals surface area contributed by atoms with Crippen molar-refractivity contribution in [2.75, 3.05) is 13.2 Å². The Balaban J connectivity index is 2.25. The Morgan fingerprint density at radius 2 is 2.53 bits per heavy atom. The highest BCUT2D eigenvalue weighted by Crippen LogP contribution is 2.39. The van der Waals surface area contributed by atoms with Gasteiger partial charge in [-0.25, -0.2) is 4.98 Å². The largest absolute Gasteiger partial charge is 0.396 e. The molecule has 2 heterocycles. The molecule has 1 aromatic heterocycles. The predicted molar refractivity (Wildman–Crippen MR) is 70.9 cm³/mol. The van der Waals surface area contributed by atoms with Crippen LogP contribution in [0.3, 0.4) is 0 Å². The molecule has 2 rings (SSSR count). The number of halogens is 1. The molecule has 0 saturated carbocycles. The van der Waals surface area contributed by atoms with Gasteiger partial charge in [-0.3, -0.25) is 0 Å². The van der Waals surface area contributed by atoms with Crippen LogP contribution in [0.15, 0.2) is 9.98 Å². The zero-order valence-corrected chi connectivity index (χ0v) is 12.1. The van der Waals surface area contributed by atoms with Gasteiger partial charge in [0.05, 0.1) is 18.2 Å². The number of aliphatic hydroxyl groups is 1. The van der Waals surface area contributed by atoms with Gasteiger partial charge in [-0.2, -0.15) is 0 Å². The number of aliphatic hydroxyl groups excluding tert-OH is 1. The van der Waals surface area contributed by atoms with Crippen molar-refractivity contribution in [2.24, 2.45) is 11.7 Å². The quantitative estimate of drug-likeness (QED) is 0.892. The topological polar surface area (TPSA) is 68.4 Å². The average molecular weight is 321 g/mol. The minimum absolute atomic E-state index is 0.156. The summed E-state index contributed by atoms with van der Waals surface area (Å²) in [5.74, 6) is 0.217. The Labute approximate surface area is 113 Å². The minimum Gasteiger partial charge on any atom is -0.396 e. The Morgan fingerprint density at radius 3 is 3.12 bits per heavy atom. The normalized spacial score (nSPS) is 33.9. The van der Waals surface area contributed by atoms with Crippen LogP contribution in [0.1, 0.15) is 24.8 Å². The number of rotatable bonds is 3. The van der Waals surface area contributed by atoms with Gasteiger partial charge < -0.3 is 15.6 Å². The molecule has 3 atom stereocenters. The second-order valence-electron chi connectivity index (χ2n) is 4.58. The van der Waals surface area contributed by atoms with Gasteiger partial charge in [0.15, 0.2) is 0 Å². The molecule has 0 aliphatic carbocycles. The summed E-state index contributed by atoms with van der Waals surface area (Å²) in [7, 11) is 0. The fourth-order valence-electron chi connectivity index (χ4n) is 2.31. The van der Waals surface area contributed by atoms with Gasteiger partial charge in [-0.15, -0.1) is 11.3 Å². The lowest BCUT2D eigenvalue weighted by atomic mass is 9.78. The van der Waals surface area contributed by atoms with E-state index in [9.17, 15) is 0 Å². The number of hydrogen-bond donors (Lipinski definition) is 2. The van der Waals surface area contributed by atoms with Gasteiger partial charge in [-0.1, -0.05) is 0 Å². The molecule has 0 spiro atoms.